The number of ether oxygens (including phenoxy) is 1. The lowest BCUT2D eigenvalue weighted by Gasteiger charge is -2.14. The molecular weight excluding hydrogens is 242 g/mol. The highest BCUT2D eigenvalue weighted by Crippen LogP contribution is 2.10. The van der Waals surface area contributed by atoms with E-state index in [2.05, 4.69) is 0 Å². The zero-order chi connectivity index (χ0) is 12.8. The van der Waals surface area contributed by atoms with Crippen molar-refractivity contribution in [3.63, 3.8) is 0 Å². The SMILES string of the molecule is CCCCOC(=O)C(C)n1cc(Cl)ccc1=O. The second-order valence-corrected chi connectivity index (χ2v) is 4.23. The van der Waals surface area contributed by atoms with Gasteiger partial charge in [0.05, 0.1) is 11.6 Å². The van der Waals surface area contributed by atoms with Crippen LogP contribution in [-0.4, -0.2) is 17.1 Å². The van der Waals surface area contributed by atoms with Gasteiger partial charge in [-0.3, -0.25) is 4.79 Å². The molecule has 5 heteroatoms. The number of hydrogen-bond donors (Lipinski definition) is 0. The molecule has 1 rings (SSSR count). The first-order valence-electron chi connectivity index (χ1n) is 5.60. The minimum Gasteiger partial charge on any atom is -0.464 e. The predicted octanol–water partition coefficient (Wildman–Crippen LogP) is 2.41. The van der Waals surface area contributed by atoms with E-state index in [9.17, 15) is 9.59 Å². The van der Waals surface area contributed by atoms with Gasteiger partial charge in [0.25, 0.3) is 5.56 Å². The van der Waals surface area contributed by atoms with Crippen LogP contribution in [-0.2, 0) is 9.53 Å². The summed E-state index contributed by atoms with van der Waals surface area (Å²) >= 11 is 5.78. The molecular formula is C12H16ClNO3. The molecule has 0 bridgehead atoms. The number of aromatic nitrogens is 1. The van der Waals surface area contributed by atoms with Gasteiger partial charge in [0.2, 0.25) is 0 Å². The van der Waals surface area contributed by atoms with Crippen molar-refractivity contribution in [3.05, 3.63) is 33.7 Å². The Labute approximate surface area is 105 Å². The first kappa shape index (κ1) is 13.8. The third kappa shape index (κ3) is 3.89. The van der Waals surface area contributed by atoms with Crippen LogP contribution in [0.3, 0.4) is 0 Å². The number of carbonyl (C=O) groups is 1. The fourth-order valence-electron chi connectivity index (χ4n) is 1.33. The molecule has 17 heavy (non-hydrogen) atoms. The van der Waals surface area contributed by atoms with Crippen LogP contribution in [0.5, 0.6) is 0 Å². The van der Waals surface area contributed by atoms with Gasteiger partial charge in [-0.2, -0.15) is 0 Å². The van der Waals surface area contributed by atoms with Crippen LogP contribution in [0, 0.1) is 0 Å². The molecule has 1 aromatic heterocycles. The molecule has 0 fully saturated rings. The number of rotatable bonds is 5. The number of pyridine rings is 1. The molecule has 0 saturated heterocycles. The summed E-state index contributed by atoms with van der Waals surface area (Å²) in [5, 5.41) is 0.415. The van der Waals surface area contributed by atoms with E-state index in [0.29, 0.717) is 11.6 Å². The molecule has 0 radical (unpaired) electrons. The van der Waals surface area contributed by atoms with Crippen molar-refractivity contribution in [1.82, 2.24) is 4.57 Å². The van der Waals surface area contributed by atoms with Gasteiger partial charge in [0.1, 0.15) is 6.04 Å². The van der Waals surface area contributed by atoms with Gasteiger partial charge >= 0.3 is 5.97 Å². The average molecular weight is 258 g/mol. The topological polar surface area (TPSA) is 48.3 Å². The van der Waals surface area contributed by atoms with Gasteiger partial charge in [-0.25, -0.2) is 4.79 Å². The van der Waals surface area contributed by atoms with E-state index in [4.69, 9.17) is 16.3 Å². The molecule has 0 aliphatic rings. The maximum Gasteiger partial charge on any atom is 0.328 e. The maximum atomic E-state index is 11.7. The maximum absolute atomic E-state index is 11.7. The number of unbranched alkanes of at least 4 members (excludes halogenated alkanes) is 1. The summed E-state index contributed by atoms with van der Waals surface area (Å²) in [6.45, 7) is 4.01. The predicted molar refractivity (Wildman–Crippen MR) is 66.3 cm³/mol. The van der Waals surface area contributed by atoms with Crippen molar-refractivity contribution in [2.24, 2.45) is 0 Å². The summed E-state index contributed by atoms with van der Waals surface area (Å²) < 4.78 is 6.33. The van der Waals surface area contributed by atoms with Crippen LogP contribution >= 0.6 is 11.6 Å². The Bertz CT molecular complexity index is 442. The number of halogens is 1. The van der Waals surface area contributed by atoms with Crippen molar-refractivity contribution in [3.8, 4) is 0 Å². The molecule has 0 aromatic carbocycles. The van der Waals surface area contributed by atoms with Crippen LogP contribution in [0.4, 0.5) is 0 Å². The third-order valence-corrected chi connectivity index (χ3v) is 2.63. The normalized spacial score (nSPS) is 12.2. The summed E-state index contributed by atoms with van der Waals surface area (Å²) in [4.78, 5) is 23.2. The molecule has 0 aliphatic carbocycles. The Morgan fingerprint density at radius 3 is 2.88 bits per heavy atom. The van der Waals surface area contributed by atoms with Crippen LogP contribution in [0.25, 0.3) is 0 Å². The highest BCUT2D eigenvalue weighted by Gasteiger charge is 2.17. The van der Waals surface area contributed by atoms with E-state index in [1.54, 1.807) is 6.92 Å². The minimum atomic E-state index is -0.655. The molecule has 1 aromatic rings. The number of hydrogen-bond acceptors (Lipinski definition) is 3. The van der Waals surface area contributed by atoms with E-state index >= 15 is 0 Å². The van der Waals surface area contributed by atoms with E-state index in [1.165, 1.54) is 22.9 Å². The second-order valence-electron chi connectivity index (χ2n) is 3.79. The average Bonchev–Trinajstić information content (AvgIpc) is 2.31. The summed E-state index contributed by atoms with van der Waals surface area (Å²) in [6, 6.07) is 2.17. The van der Waals surface area contributed by atoms with Crippen molar-refractivity contribution >= 4 is 17.6 Å². The molecule has 1 atom stereocenters. The molecule has 0 N–H and O–H groups in total. The zero-order valence-electron chi connectivity index (χ0n) is 9.98. The summed E-state index contributed by atoms with van der Waals surface area (Å²) in [7, 11) is 0. The molecule has 0 amide bonds. The lowest BCUT2D eigenvalue weighted by molar-refractivity contribution is -0.147. The Hall–Kier alpha value is -1.29. The minimum absolute atomic E-state index is 0.269. The van der Waals surface area contributed by atoms with Crippen molar-refractivity contribution in [1.29, 1.82) is 0 Å². The smallest absolute Gasteiger partial charge is 0.328 e. The summed E-state index contributed by atoms with van der Waals surface area (Å²) in [5.74, 6) is -0.414. The fourth-order valence-corrected chi connectivity index (χ4v) is 1.50. The van der Waals surface area contributed by atoms with Crippen molar-refractivity contribution in [2.45, 2.75) is 32.7 Å². The van der Waals surface area contributed by atoms with E-state index < -0.39 is 12.0 Å². The van der Waals surface area contributed by atoms with Crippen molar-refractivity contribution in [2.75, 3.05) is 6.61 Å². The lowest BCUT2D eigenvalue weighted by Crippen LogP contribution is -2.28. The summed E-state index contributed by atoms with van der Waals surface area (Å²) in [5.41, 5.74) is -0.269. The Morgan fingerprint density at radius 2 is 2.24 bits per heavy atom. The number of esters is 1. The van der Waals surface area contributed by atoms with Crippen LogP contribution < -0.4 is 5.56 Å². The lowest BCUT2D eigenvalue weighted by atomic mass is 10.3. The molecule has 1 unspecified atom stereocenters. The summed E-state index contributed by atoms with van der Waals surface area (Å²) in [6.07, 6.45) is 3.22. The van der Waals surface area contributed by atoms with Crippen LogP contribution in [0.15, 0.2) is 23.1 Å². The largest absolute Gasteiger partial charge is 0.464 e. The molecule has 4 nitrogen and oxygen atoms in total. The van der Waals surface area contributed by atoms with Gasteiger partial charge in [0.15, 0.2) is 0 Å². The highest BCUT2D eigenvalue weighted by molar-refractivity contribution is 6.30. The van der Waals surface area contributed by atoms with Gasteiger partial charge < -0.3 is 9.30 Å². The van der Waals surface area contributed by atoms with E-state index in [1.807, 2.05) is 6.92 Å². The van der Waals surface area contributed by atoms with Gasteiger partial charge in [-0.15, -0.1) is 0 Å². The monoisotopic (exact) mass is 257 g/mol. The second kappa shape index (κ2) is 6.45. The number of nitrogens with zero attached hydrogens (tertiary/aromatic N) is 1. The Balaban J connectivity index is 2.74. The Morgan fingerprint density at radius 1 is 1.53 bits per heavy atom. The van der Waals surface area contributed by atoms with E-state index in [0.717, 1.165) is 12.8 Å². The Kier molecular flexibility index (Phi) is 5.22. The van der Waals surface area contributed by atoms with E-state index in [-0.39, 0.29) is 5.56 Å². The number of carbonyl (C=O) groups excluding carboxylic acids is 1. The first-order valence-corrected chi connectivity index (χ1v) is 5.98. The molecule has 0 spiro atoms. The van der Waals surface area contributed by atoms with Gasteiger partial charge in [-0.1, -0.05) is 24.9 Å². The van der Waals surface area contributed by atoms with Crippen molar-refractivity contribution < 1.29 is 9.53 Å². The van der Waals surface area contributed by atoms with Gasteiger partial charge in [-0.05, 0) is 19.4 Å². The molecule has 1 heterocycles. The molecule has 0 saturated carbocycles. The standard InChI is InChI=1S/C12H16ClNO3/c1-3-4-7-17-12(16)9(2)14-8-10(13)5-6-11(14)15/h5-6,8-9H,3-4,7H2,1-2H3. The fraction of sp³-hybridized carbons (Fsp3) is 0.500. The quantitative estimate of drug-likeness (QED) is 0.601. The molecule has 94 valence electrons. The molecule has 0 aliphatic heterocycles. The zero-order valence-corrected chi connectivity index (χ0v) is 10.7. The third-order valence-electron chi connectivity index (χ3n) is 2.40. The van der Waals surface area contributed by atoms with Crippen LogP contribution in [0.2, 0.25) is 5.02 Å². The first-order chi connectivity index (χ1) is 8.06. The van der Waals surface area contributed by atoms with Crippen LogP contribution in [0.1, 0.15) is 32.7 Å². The highest BCUT2D eigenvalue weighted by atomic mass is 35.5. The van der Waals surface area contributed by atoms with Gasteiger partial charge in [0, 0.05) is 12.3 Å².